The Morgan fingerprint density at radius 3 is 2.06 bits per heavy atom. The van der Waals surface area contributed by atoms with Crippen LogP contribution in [0.15, 0.2) is 48.0 Å². The van der Waals surface area contributed by atoms with E-state index >= 15 is 0 Å². The highest BCUT2D eigenvalue weighted by molar-refractivity contribution is 6.74. The molecule has 1 aromatic rings. The molecule has 186 valence electrons. The molecule has 1 aromatic carbocycles. The average molecular weight is 492 g/mol. The van der Waals surface area contributed by atoms with E-state index in [1.54, 1.807) is 0 Å². The third kappa shape index (κ3) is 6.66. The van der Waals surface area contributed by atoms with Crippen LogP contribution in [0.2, 0.25) is 36.3 Å². The molecular weight excluding hydrogens is 446 g/mol. The predicted octanol–water partition coefficient (Wildman–Crippen LogP) is 6.16. The van der Waals surface area contributed by atoms with E-state index in [-0.39, 0.29) is 16.1 Å². The second kappa shape index (κ2) is 10.2. The van der Waals surface area contributed by atoms with Crippen LogP contribution >= 0.6 is 0 Å². The van der Waals surface area contributed by atoms with Crippen molar-refractivity contribution >= 4 is 22.5 Å². The molecule has 5 nitrogen and oxygen atoms in total. The number of aliphatic imine (C=N–C) groups is 1. The summed E-state index contributed by atoms with van der Waals surface area (Å²) in [6.45, 7) is 26.5. The van der Waals surface area contributed by atoms with Gasteiger partial charge in [-0.1, -0.05) is 65.8 Å². The molecule has 2 rings (SSSR count). The lowest BCUT2D eigenvalue weighted by Crippen LogP contribution is -2.58. The summed E-state index contributed by atoms with van der Waals surface area (Å²) in [7, 11) is -4.20. The maximum atomic E-state index is 10.9. The molecular formula is C26H45NO4Si2. The van der Waals surface area contributed by atoms with Gasteiger partial charge in [0.2, 0.25) is 5.90 Å². The van der Waals surface area contributed by atoms with Gasteiger partial charge in [-0.15, -0.1) is 6.58 Å². The van der Waals surface area contributed by atoms with Crippen LogP contribution in [0, 0.1) is 0 Å². The van der Waals surface area contributed by atoms with Gasteiger partial charge in [0, 0.05) is 5.56 Å². The lowest BCUT2D eigenvalue weighted by atomic mass is 9.99. The standard InChI is InChI=1S/C26H45NO4Si2/c1-12-21(28)23-22(31-33(10,11)26(5,6)7)20(18-29-32(8,9)25(2,3)4)27-24(30-23)19-16-14-13-15-17-19/h12-17,20-23,28H,1,18H2,2-11H3/t20-,21+,22-,23-/m1/s1. The topological polar surface area (TPSA) is 60.3 Å². The van der Waals surface area contributed by atoms with Crippen molar-refractivity contribution in [2.24, 2.45) is 4.99 Å². The zero-order chi connectivity index (χ0) is 25.2. The summed E-state index contributed by atoms with van der Waals surface area (Å²) in [5, 5.41) is 11.0. The molecule has 33 heavy (non-hydrogen) atoms. The maximum absolute atomic E-state index is 10.9. The van der Waals surface area contributed by atoms with Gasteiger partial charge in [0.05, 0.1) is 6.61 Å². The van der Waals surface area contributed by atoms with E-state index in [1.165, 1.54) is 6.08 Å². The fourth-order valence-electron chi connectivity index (χ4n) is 3.10. The lowest BCUT2D eigenvalue weighted by Gasteiger charge is -2.46. The first-order valence-corrected chi connectivity index (χ1v) is 17.7. The number of ether oxygens (including phenoxy) is 1. The lowest BCUT2D eigenvalue weighted by molar-refractivity contribution is -0.0530. The Morgan fingerprint density at radius 1 is 1.03 bits per heavy atom. The van der Waals surface area contributed by atoms with Crippen LogP contribution in [-0.4, -0.2) is 58.6 Å². The molecule has 0 radical (unpaired) electrons. The SMILES string of the molecule is C=C[C@H](O)[C@H]1OC(c2ccccc2)=N[C@H](CO[Si](C)(C)C(C)(C)C)[C@H]1O[Si](C)(C)C(C)(C)C. The molecule has 0 amide bonds. The summed E-state index contributed by atoms with van der Waals surface area (Å²) in [6.07, 6.45) is -0.412. The minimum Gasteiger partial charge on any atom is -0.468 e. The number of rotatable bonds is 8. The van der Waals surface area contributed by atoms with E-state index in [0.717, 1.165) is 5.56 Å². The van der Waals surface area contributed by atoms with Gasteiger partial charge >= 0.3 is 0 Å². The summed E-state index contributed by atoms with van der Waals surface area (Å²) >= 11 is 0. The largest absolute Gasteiger partial charge is 0.468 e. The van der Waals surface area contributed by atoms with Gasteiger partial charge in [-0.2, -0.15) is 0 Å². The Kier molecular flexibility index (Phi) is 8.61. The zero-order valence-corrected chi connectivity index (χ0v) is 24.3. The Labute approximate surface area is 203 Å². The van der Waals surface area contributed by atoms with Gasteiger partial charge in [-0.25, -0.2) is 4.99 Å². The molecule has 1 heterocycles. The van der Waals surface area contributed by atoms with Crippen LogP contribution < -0.4 is 0 Å². The van der Waals surface area contributed by atoms with Crippen molar-refractivity contribution in [1.29, 1.82) is 0 Å². The maximum Gasteiger partial charge on any atom is 0.217 e. The molecule has 1 aliphatic heterocycles. The summed E-state index contributed by atoms with van der Waals surface area (Å²) in [4.78, 5) is 5.00. The van der Waals surface area contributed by atoms with Crippen molar-refractivity contribution in [1.82, 2.24) is 0 Å². The summed E-state index contributed by atoms with van der Waals surface area (Å²) in [5.41, 5.74) is 0.877. The molecule has 0 fully saturated rings. The number of hydrogen-bond acceptors (Lipinski definition) is 5. The minimum absolute atomic E-state index is 0.00490. The van der Waals surface area contributed by atoms with Gasteiger partial charge in [0.25, 0.3) is 0 Å². The second-order valence-electron chi connectivity index (χ2n) is 12.1. The van der Waals surface area contributed by atoms with Crippen molar-refractivity contribution in [3.8, 4) is 0 Å². The van der Waals surface area contributed by atoms with E-state index in [9.17, 15) is 5.11 Å². The Bertz CT molecular complexity index is 825. The van der Waals surface area contributed by atoms with Crippen LogP contribution in [0.3, 0.4) is 0 Å². The van der Waals surface area contributed by atoms with Crippen molar-refractivity contribution in [3.05, 3.63) is 48.6 Å². The molecule has 7 heteroatoms. The fourth-order valence-corrected chi connectivity index (χ4v) is 5.44. The quantitative estimate of drug-likeness (QED) is 0.349. The van der Waals surface area contributed by atoms with Crippen molar-refractivity contribution in [2.45, 2.75) is 102 Å². The number of benzene rings is 1. The Hall–Kier alpha value is -1.26. The van der Waals surface area contributed by atoms with Crippen molar-refractivity contribution < 1.29 is 18.7 Å². The van der Waals surface area contributed by atoms with E-state index in [2.05, 4.69) is 74.3 Å². The number of nitrogens with zero attached hydrogens (tertiary/aromatic N) is 1. The summed E-state index contributed by atoms with van der Waals surface area (Å²) in [6, 6.07) is 9.52. The molecule has 1 N–H and O–H groups in total. The van der Waals surface area contributed by atoms with Crippen LogP contribution in [0.25, 0.3) is 0 Å². The fraction of sp³-hybridized carbons (Fsp3) is 0.654. The molecule has 4 atom stereocenters. The monoisotopic (exact) mass is 491 g/mol. The first kappa shape index (κ1) is 28.0. The highest BCUT2D eigenvalue weighted by Gasteiger charge is 2.48. The van der Waals surface area contributed by atoms with Crippen LogP contribution in [0.4, 0.5) is 0 Å². The molecule has 0 bridgehead atoms. The van der Waals surface area contributed by atoms with Gasteiger partial charge in [-0.3, -0.25) is 0 Å². The highest BCUT2D eigenvalue weighted by atomic mass is 28.4. The molecule has 0 spiro atoms. The second-order valence-corrected chi connectivity index (χ2v) is 21.7. The van der Waals surface area contributed by atoms with E-state index in [1.807, 2.05) is 30.3 Å². The summed E-state index contributed by atoms with van der Waals surface area (Å²) in [5.74, 6) is 0.514. The summed E-state index contributed by atoms with van der Waals surface area (Å²) < 4.78 is 19.8. The van der Waals surface area contributed by atoms with E-state index in [4.69, 9.17) is 18.6 Å². The third-order valence-electron chi connectivity index (χ3n) is 7.49. The molecule has 0 saturated carbocycles. The molecule has 0 aliphatic carbocycles. The minimum atomic E-state index is -2.19. The first-order chi connectivity index (χ1) is 15.0. The van der Waals surface area contributed by atoms with E-state index < -0.39 is 34.9 Å². The highest BCUT2D eigenvalue weighted by Crippen LogP contribution is 2.41. The van der Waals surface area contributed by atoms with Crippen LogP contribution in [0.5, 0.6) is 0 Å². The number of aliphatic hydroxyl groups excluding tert-OH is 1. The van der Waals surface area contributed by atoms with Crippen LogP contribution in [-0.2, 0) is 13.6 Å². The number of hydrogen-bond donors (Lipinski definition) is 1. The van der Waals surface area contributed by atoms with Gasteiger partial charge in [0.15, 0.2) is 22.7 Å². The molecule has 0 aromatic heterocycles. The van der Waals surface area contributed by atoms with Gasteiger partial charge in [-0.05, 0) is 48.4 Å². The normalized spacial score (nSPS) is 23.5. The Morgan fingerprint density at radius 2 is 1.58 bits per heavy atom. The molecule has 0 saturated heterocycles. The predicted molar refractivity (Wildman–Crippen MR) is 143 cm³/mol. The molecule has 0 unspecified atom stereocenters. The average Bonchev–Trinajstić information content (AvgIpc) is 2.71. The van der Waals surface area contributed by atoms with Gasteiger partial charge < -0.3 is 18.7 Å². The zero-order valence-electron chi connectivity index (χ0n) is 22.3. The molecule has 1 aliphatic rings. The van der Waals surface area contributed by atoms with Crippen molar-refractivity contribution in [3.63, 3.8) is 0 Å². The van der Waals surface area contributed by atoms with Crippen molar-refractivity contribution in [2.75, 3.05) is 6.61 Å². The van der Waals surface area contributed by atoms with Gasteiger partial charge in [0.1, 0.15) is 18.2 Å². The first-order valence-electron chi connectivity index (χ1n) is 11.9. The number of aliphatic hydroxyl groups is 1. The van der Waals surface area contributed by atoms with Crippen LogP contribution in [0.1, 0.15) is 47.1 Å². The van der Waals surface area contributed by atoms with E-state index in [0.29, 0.717) is 12.5 Å². The third-order valence-corrected chi connectivity index (χ3v) is 16.5. The Balaban J connectivity index is 2.51. The smallest absolute Gasteiger partial charge is 0.217 e.